The summed E-state index contributed by atoms with van der Waals surface area (Å²) in [5.74, 6) is 0.560. The monoisotopic (exact) mass is 260 g/mol. The standard InChI is InChI=1S/C13H16N4O2/c1-3-19-12-9(5-4-6-10(12)14)13(18)15-11-7-8(2)16-17-11/h4-7H,3,14H2,1-2H3,(H2,15,16,17,18). The van der Waals surface area contributed by atoms with Crippen molar-refractivity contribution >= 4 is 17.4 Å². The average molecular weight is 260 g/mol. The highest BCUT2D eigenvalue weighted by Crippen LogP contribution is 2.27. The smallest absolute Gasteiger partial charge is 0.260 e. The van der Waals surface area contributed by atoms with Crippen LogP contribution in [0.15, 0.2) is 24.3 Å². The largest absolute Gasteiger partial charge is 0.491 e. The summed E-state index contributed by atoms with van der Waals surface area (Å²) in [5, 5.41) is 9.39. The Morgan fingerprint density at radius 1 is 1.53 bits per heavy atom. The number of aryl methyl sites for hydroxylation is 1. The van der Waals surface area contributed by atoms with Gasteiger partial charge in [-0.25, -0.2) is 0 Å². The SMILES string of the molecule is CCOc1c(N)cccc1C(=O)Nc1cc(C)[nH]n1. The summed E-state index contributed by atoms with van der Waals surface area (Å²) in [4.78, 5) is 12.2. The number of ether oxygens (including phenoxy) is 1. The second-order valence-electron chi connectivity index (χ2n) is 4.05. The molecule has 100 valence electrons. The quantitative estimate of drug-likeness (QED) is 0.732. The van der Waals surface area contributed by atoms with Crippen molar-refractivity contribution in [3.8, 4) is 5.75 Å². The highest BCUT2D eigenvalue weighted by molar-refractivity contribution is 6.06. The van der Waals surface area contributed by atoms with Crippen LogP contribution in [0.1, 0.15) is 23.0 Å². The molecule has 2 aromatic rings. The van der Waals surface area contributed by atoms with E-state index < -0.39 is 0 Å². The summed E-state index contributed by atoms with van der Waals surface area (Å²) in [7, 11) is 0. The molecule has 6 nitrogen and oxygen atoms in total. The van der Waals surface area contributed by atoms with Crippen LogP contribution in [0, 0.1) is 6.92 Å². The van der Waals surface area contributed by atoms with Crippen LogP contribution >= 0.6 is 0 Å². The third kappa shape index (κ3) is 2.85. The first-order valence-electron chi connectivity index (χ1n) is 5.96. The van der Waals surface area contributed by atoms with Crippen molar-refractivity contribution in [2.75, 3.05) is 17.7 Å². The number of aromatic amines is 1. The number of amides is 1. The molecule has 0 spiro atoms. The fourth-order valence-electron chi connectivity index (χ4n) is 1.70. The van der Waals surface area contributed by atoms with Crippen molar-refractivity contribution in [1.29, 1.82) is 0 Å². The molecule has 1 aromatic carbocycles. The molecule has 19 heavy (non-hydrogen) atoms. The second kappa shape index (κ2) is 5.43. The average Bonchev–Trinajstić information content (AvgIpc) is 2.77. The Morgan fingerprint density at radius 2 is 2.32 bits per heavy atom. The third-order valence-corrected chi connectivity index (χ3v) is 2.53. The van der Waals surface area contributed by atoms with Crippen LogP contribution in [0.4, 0.5) is 11.5 Å². The number of hydrogen-bond donors (Lipinski definition) is 3. The van der Waals surface area contributed by atoms with Gasteiger partial charge >= 0.3 is 0 Å². The molecule has 0 bridgehead atoms. The number of para-hydroxylation sites is 1. The lowest BCUT2D eigenvalue weighted by molar-refractivity contribution is 0.102. The van der Waals surface area contributed by atoms with E-state index in [2.05, 4.69) is 15.5 Å². The van der Waals surface area contributed by atoms with Crippen LogP contribution in [0.25, 0.3) is 0 Å². The minimum absolute atomic E-state index is 0.303. The van der Waals surface area contributed by atoms with E-state index >= 15 is 0 Å². The number of hydrogen-bond acceptors (Lipinski definition) is 4. The number of rotatable bonds is 4. The lowest BCUT2D eigenvalue weighted by Gasteiger charge is -2.11. The summed E-state index contributed by atoms with van der Waals surface area (Å²) < 4.78 is 5.42. The molecular weight excluding hydrogens is 244 g/mol. The minimum Gasteiger partial charge on any atom is -0.491 e. The maximum absolute atomic E-state index is 12.2. The Balaban J connectivity index is 2.25. The first-order valence-corrected chi connectivity index (χ1v) is 5.96. The lowest BCUT2D eigenvalue weighted by atomic mass is 10.1. The van der Waals surface area contributed by atoms with E-state index in [1.165, 1.54) is 0 Å². The highest BCUT2D eigenvalue weighted by Gasteiger charge is 2.15. The predicted molar refractivity (Wildman–Crippen MR) is 73.3 cm³/mol. The van der Waals surface area contributed by atoms with Crippen molar-refractivity contribution in [2.24, 2.45) is 0 Å². The number of carbonyl (C=O) groups is 1. The number of nitrogens with two attached hydrogens (primary N) is 1. The molecule has 1 heterocycles. The molecule has 0 aliphatic heterocycles. The summed E-state index contributed by atoms with van der Waals surface area (Å²) in [6.45, 7) is 4.13. The van der Waals surface area contributed by atoms with Crippen molar-refractivity contribution in [1.82, 2.24) is 10.2 Å². The lowest BCUT2D eigenvalue weighted by Crippen LogP contribution is -2.14. The molecule has 0 saturated heterocycles. The molecule has 0 unspecified atom stereocenters. The van der Waals surface area contributed by atoms with Gasteiger partial charge in [0.2, 0.25) is 0 Å². The molecule has 0 atom stereocenters. The Labute approximate surface area is 111 Å². The number of nitrogens with zero attached hydrogens (tertiary/aromatic N) is 1. The van der Waals surface area contributed by atoms with Crippen LogP contribution in [0.3, 0.4) is 0 Å². The maximum atomic E-state index is 12.2. The molecule has 0 fully saturated rings. The maximum Gasteiger partial charge on any atom is 0.260 e. The Morgan fingerprint density at radius 3 is 2.95 bits per heavy atom. The normalized spacial score (nSPS) is 10.2. The summed E-state index contributed by atoms with van der Waals surface area (Å²) in [6.07, 6.45) is 0. The second-order valence-corrected chi connectivity index (χ2v) is 4.05. The topological polar surface area (TPSA) is 93.0 Å². The molecule has 0 aliphatic rings. The molecule has 4 N–H and O–H groups in total. The first-order chi connectivity index (χ1) is 9.11. The molecule has 1 aromatic heterocycles. The van der Waals surface area contributed by atoms with Gasteiger partial charge in [0.05, 0.1) is 17.9 Å². The number of anilines is 2. The van der Waals surface area contributed by atoms with Gasteiger partial charge in [-0.1, -0.05) is 6.07 Å². The van der Waals surface area contributed by atoms with E-state index in [0.717, 1.165) is 5.69 Å². The number of carbonyl (C=O) groups excluding carboxylic acids is 1. The van der Waals surface area contributed by atoms with Gasteiger partial charge < -0.3 is 15.8 Å². The predicted octanol–water partition coefficient (Wildman–Crippen LogP) is 1.95. The zero-order valence-electron chi connectivity index (χ0n) is 10.9. The Hall–Kier alpha value is -2.50. The van der Waals surface area contributed by atoms with Crippen LogP contribution in [0.5, 0.6) is 5.75 Å². The van der Waals surface area contributed by atoms with Crippen LogP contribution in [-0.4, -0.2) is 22.7 Å². The van der Waals surface area contributed by atoms with Crippen molar-refractivity contribution in [2.45, 2.75) is 13.8 Å². The van der Waals surface area contributed by atoms with Crippen LogP contribution < -0.4 is 15.8 Å². The number of nitrogens with one attached hydrogen (secondary N) is 2. The molecule has 1 amide bonds. The highest BCUT2D eigenvalue weighted by atomic mass is 16.5. The molecular formula is C13H16N4O2. The zero-order valence-corrected chi connectivity index (χ0v) is 10.9. The van der Waals surface area contributed by atoms with E-state index in [1.54, 1.807) is 24.3 Å². The summed E-state index contributed by atoms with van der Waals surface area (Å²) in [5.41, 5.74) is 7.51. The molecule has 0 aliphatic carbocycles. The number of aromatic nitrogens is 2. The van der Waals surface area contributed by atoms with Crippen LogP contribution in [-0.2, 0) is 0 Å². The van der Waals surface area contributed by atoms with Gasteiger partial charge in [0.15, 0.2) is 11.6 Å². The molecule has 0 radical (unpaired) electrons. The van der Waals surface area contributed by atoms with Gasteiger partial charge in [-0.2, -0.15) is 5.10 Å². The molecule has 2 rings (SSSR count). The van der Waals surface area contributed by atoms with Gasteiger partial charge in [-0.05, 0) is 26.0 Å². The summed E-state index contributed by atoms with van der Waals surface area (Å²) >= 11 is 0. The molecule has 6 heteroatoms. The fourth-order valence-corrected chi connectivity index (χ4v) is 1.70. The number of nitrogen functional groups attached to an aromatic ring is 1. The minimum atomic E-state index is -0.303. The van der Waals surface area contributed by atoms with Crippen molar-refractivity contribution in [3.63, 3.8) is 0 Å². The van der Waals surface area contributed by atoms with Gasteiger partial charge in [-0.15, -0.1) is 0 Å². The van der Waals surface area contributed by atoms with Crippen molar-refractivity contribution < 1.29 is 9.53 Å². The third-order valence-electron chi connectivity index (χ3n) is 2.53. The summed E-state index contributed by atoms with van der Waals surface area (Å²) in [6, 6.07) is 6.81. The number of benzene rings is 1. The van der Waals surface area contributed by atoms with Gasteiger partial charge in [0.1, 0.15) is 0 Å². The van der Waals surface area contributed by atoms with E-state index in [1.807, 2.05) is 13.8 Å². The van der Waals surface area contributed by atoms with E-state index in [-0.39, 0.29) is 5.91 Å². The first kappa shape index (κ1) is 12.9. The Kier molecular flexibility index (Phi) is 3.70. The van der Waals surface area contributed by atoms with Gasteiger partial charge in [0, 0.05) is 11.8 Å². The van der Waals surface area contributed by atoms with E-state index in [0.29, 0.717) is 29.4 Å². The fraction of sp³-hybridized carbons (Fsp3) is 0.231. The van der Waals surface area contributed by atoms with E-state index in [9.17, 15) is 4.79 Å². The molecule has 0 saturated carbocycles. The van der Waals surface area contributed by atoms with E-state index in [4.69, 9.17) is 10.5 Å². The number of H-pyrrole nitrogens is 1. The van der Waals surface area contributed by atoms with Gasteiger partial charge in [-0.3, -0.25) is 9.89 Å². The van der Waals surface area contributed by atoms with Gasteiger partial charge in [0.25, 0.3) is 5.91 Å². The van der Waals surface area contributed by atoms with Crippen molar-refractivity contribution in [3.05, 3.63) is 35.5 Å². The van der Waals surface area contributed by atoms with Crippen LogP contribution in [0.2, 0.25) is 0 Å². The Bertz CT molecular complexity index is 592. The zero-order chi connectivity index (χ0) is 13.8.